The highest BCUT2D eigenvalue weighted by Crippen LogP contribution is 2.49. The fourth-order valence-electron chi connectivity index (χ4n) is 6.50. The minimum Gasteiger partial charge on any atom is -0.508 e. The van der Waals surface area contributed by atoms with E-state index in [0.29, 0.717) is 39.9 Å². The first kappa shape index (κ1) is 31.8. The third-order valence-corrected chi connectivity index (χ3v) is 9.04. The van der Waals surface area contributed by atoms with Gasteiger partial charge in [0.2, 0.25) is 5.91 Å². The maximum Gasteiger partial charge on any atom is 0.233 e. The molecule has 2 fully saturated rings. The van der Waals surface area contributed by atoms with E-state index in [1.807, 2.05) is 42.5 Å². The summed E-state index contributed by atoms with van der Waals surface area (Å²) >= 11 is 0. The van der Waals surface area contributed by atoms with Gasteiger partial charge < -0.3 is 40.3 Å². The van der Waals surface area contributed by atoms with Gasteiger partial charge in [0.25, 0.3) is 0 Å². The van der Waals surface area contributed by atoms with Crippen LogP contribution in [0.4, 0.5) is 10.1 Å². The van der Waals surface area contributed by atoms with Crippen LogP contribution in [-0.2, 0) is 9.53 Å². The van der Waals surface area contributed by atoms with Gasteiger partial charge in [0, 0.05) is 11.3 Å². The van der Waals surface area contributed by atoms with E-state index >= 15 is 0 Å². The molecule has 46 heavy (non-hydrogen) atoms. The van der Waals surface area contributed by atoms with Crippen LogP contribution in [0.25, 0.3) is 11.1 Å². The lowest BCUT2D eigenvalue weighted by atomic mass is 9.77. The number of para-hydroxylation sites is 1. The molecular weight excluding hydrogens is 593 g/mol. The van der Waals surface area contributed by atoms with Crippen LogP contribution >= 0.6 is 0 Å². The van der Waals surface area contributed by atoms with E-state index in [2.05, 4.69) is 0 Å². The van der Waals surface area contributed by atoms with Gasteiger partial charge in [0.15, 0.2) is 0 Å². The number of phenolic OH excluding ortho intramolecular Hbond substituents is 1. The van der Waals surface area contributed by atoms with Gasteiger partial charge in [-0.15, -0.1) is 0 Å². The van der Waals surface area contributed by atoms with Gasteiger partial charge in [-0.1, -0.05) is 60.7 Å². The molecular formula is C36H36FNO8. The van der Waals surface area contributed by atoms with Crippen molar-refractivity contribution in [3.8, 4) is 16.9 Å². The lowest BCUT2D eigenvalue weighted by Gasteiger charge is -2.48. The number of carbonyl (C=O) groups is 1. The summed E-state index contributed by atoms with van der Waals surface area (Å²) in [5, 5.41) is 62.7. The number of anilines is 1. The highest BCUT2D eigenvalue weighted by atomic mass is 19.1. The maximum absolute atomic E-state index is 13.5. The van der Waals surface area contributed by atoms with Crippen molar-refractivity contribution in [3.05, 3.63) is 120 Å². The summed E-state index contributed by atoms with van der Waals surface area (Å²) in [7, 11) is 0. The van der Waals surface area contributed by atoms with Crippen LogP contribution in [0.5, 0.6) is 5.75 Å². The Kier molecular flexibility index (Phi) is 9.19. The van der Waals surface area contributed by atoms with E-state index in [9.17, 15) is 39.8 Å². The van der Waals surface area contributed by atoms with Gasteiger partial charge in [-0.2, -0.15) is 0 Å². The van der Waals surface area contributed by atoms with E-state index < -0.39 is 61.0 Å². The summed E-state index contributed by atoms with van der Waals surface area (Å²) in [5.74, 6) is -1.07. The number of phenols is 1. The number of rotatable bonds is 9. The van der Waals surface area contributed by atoms with Crippen molar-refractivity contribution >= 4 is 11.6 Å². The van der Waals surface area contributed by atoms with Crippen molar-refractivity contribution in [2.75, 3.05) is 11.5 Å². The molecule has 0 spiro atoms. The molecule has 2 saturated heterocycles. The van der Waals surface area contributed by atoms with Crippen molar-refractivity contribution in [3.63, 3.8) is 0 Å². The van der Waals surface area contributed by atoms with Gasteiger partial charge in [0.1, 0.15) is 42.1 Å². The second-order valence-electron chi connectivity index (χ2n) is 11.9. The summed E-state index contributed by atoms with van der Waals surface area (Å²) in [6.07, 6.45) is -6.72. The molecule has 1 unspecified atom stereocenters. The third-order valence-electron chi connectivity index (χ3n) is 9.04. The quantitative estimate of drug-likeness (QED) is 0.153. The zero-order valence-corrected chi connectivity index (χ0v) is 24.8. The first-order valence-electron chi connectivity index (χ1n) is 15.2. The van der Waals surface area contributed by atoms with Crippen LogP contribution < -0.4 is 4.90 Å². The molecule has 6 rings (SSSR count). The van der Waals surface area contributed by atoms with Gasteiger partial charge in [-0.3, -0.25) is 4.79 Å². The van der Waals surface area contributed by atoms with E-state index in [0.717, 1.165) is 0 Å². The molecule has 10 heteroatoms. The zero-order chi connectivity index (χ0) is 32.5. The zero-order valence-electron chi connectivity index (χ0n) is 24.8. The molecule has 0 bridgehead atoms. The van der Waals surface area contributed by atoms with Crippen LogP contribution in [0.1, 0.15) is 47.8 Å². The predicted octanol–water partition coefficient (Wildman–Crippen LogP) is 3.93. The first-order valence-corrected chi connectivity index (χ1v) is 15.2. The number of carbonyl (C=O) groups excluding carboxylic acids is 1. The molecule has 0 saturated carbocycles. The number of aromatic hydroxyl groups is 1. The molecule has 0 radical (unpaired) electrons. The van der Waals surface area contributed by atoms with Gasteiger partial charge in [-0.05, 0) is 71.5 Å². The number of amides is 1. The lowest BCUT2D eigenvalue weighted by molar-refractivity contribution is -0.231. The van der Waals surface area contributed by atoms with Gasteiger partial charge >= 0.3 is 0 Å². The normalized spacial score (nSPS) is 26.9. The molecule has 6 N–H and O–H groups in total. The van der Waals surface area contributed by atoms with Gasteiger partial charge in [0.05, 0.1) is 24.7 Å². The van der Waals surface area contributed by atoms with E-state index in [1.165, 1.54) is 24.3 Å². The highest BCUT2D eigenvalue weighted by molar-refractivity contribution is 6.03. The Hall–Kier alpha value is -4.16. The Bertz CT molecular complexity index is 1670. The largest absolute Gasteiger partial charge is 0.508 e. The summed E-state index contributed by atoms with van der Waals surface area (Å²) < 4.78 is 19.1. The van der Waals surface area contributed by atoms with Crippen molar-refractivity contribution in [2.24, 2.45) is 5.92 Å². The Morgan fingerprint density at radius 2 is 1.54 bits per heavy atom. The number of hydrogen-bond acceptors (Lipinski definition) is 8. The minimum atomic E-state index is -1.51. The van der Waals surface area contributed by atoms with E-state index in [1.54, 1.807) is 35.2 Å². The molecule has 2 aliphatic rings. The van der Waals surface area contributed by atoms with E-state index in [4.69, 9.17) is 4.74 Å². The Labute approximate surface area is 265 Å². The lowest BCUT2D eigenvalue weighted by Crippen LogP contribution is -2.55. The minimum absolute atomic E-state index is 0.0294. The summed E-state index contributed by atoms with van der Waals surface area (Å²) in [5.41, 5.74) is 3.62. The van der Waals surface area contributed by atoms with Crippen LogP contribution in [0.2, 0.25) is 0 Å². The number of benzene rings is 4. The number of halogens is 1. The third kappa shape index (κ3) is 6.03. The SMILES string of the molecule is O=C1[C@H](CC[C@H](O)c2ccc(F)cc2)[C@@H](c2ccc(-c3cccc(C4O[C@H](CO)[C@@H](O)[C@H](O)[C@H]4O)c3)cc2O)N1c1ccccc1. The Balaban J connectivity index is 1.26. The molecule has 9 nitrogen and oxygen atoms in total. The monoisotopic (exact) mass is 629 g/mol. The average Bonchev–Trinajstić information content (AvgIpc) is 3.07. The highest BCUT2D eigenvalue weighted by Gasteiger charge is 2.49. The second-order valence-corrected chi connectivity index (χ2v) is 11.9. The van der Waals surface area contributed by atoms with Crippen molar-refractivity contribution in [1.29, 1.82) is 0 Å². The number of β-lactam (4-membered cyclic amide) rings is 1. The number of nitrogens with zero attached hydrogens (tertiary/aromatic N) is 1. The topological polar surface area (TPSA) is 151 Å². The number of aliphatic hydroxyl groups is 5. The predicted molar refractivity (Wildman–Crippen MR) is 167 cm³/mol. The van der Waals surface area contributed by atoms with Crippen LogP contribution in [0.3, 0.4) is 0 Å². The summed E-state index contributed by atoms with van der Waals surface area (Å²) in [4.78, 5) is 15.1. The molecule has 2 heterocycles. The molecule has 4 aromatic carbocycles. The molecule has 4 aromatic rings. The standard InChI is InChI=1S/C36H36FNO8/c37-24-12-9-20(10-13-24)28(40)16-15-27-31(38(36(27)45)25-7-2-1-3-8-25)26-14-11-22(18-29(26)41)21-5-4-6-23(17-21)35-34(44)33(43)32(42)30(19-39)46-35/h1-14,17-18,27-28,30-35,39-44H,15-16,19H2/t27-,28+,30-,31-,32-,33+,34-,35?/m1/s1. The molecule has 2 aliphatic heterocycles. The van der Waals surface area contributed by atoms with Crippen LogP contribution in [0, 0.1) is 11.7 Å². The summed E-state index contributed by atoms with van der Waals surface area (Å²) in [6, 6.07) is 26.4. The smallest absolute Gasteiger partial charge is 0.233 e. The number of aliphatic hydroxyl groups excluding tert-OH is 5. The molecule has 240 valence electrons. The molecule has 0 aliphatic carbocycles. The Morgan fingerprint density at radius 1 is 0.826 bits per heavy atom. The maximum atomic E-state index is 13.5. The van der Waals surface area contributed by atoms with Crippen molar-refractivity contribution in [1.82, 2.24) is 0 Å². The molecule has 0 aromatic heterocycles. The van der Waals surface area contributed by atoms with Crippen molar-refractivity contribution < 1.29 is 44.6 Å². The fourth-order valence-corrected chi connectivity index (χ4v) is 6.50. The second kappa shape index (κ2) is 13.3. The fraction of sp³-hybridized carbons (Fsp3) is 0.306. The molecule has 1 amide bonds. The number of ether oxygens (including phenoxy) is 1. The Morgan fingerprint density at radius 3 is 2.24 bits per heavy atom. The summed E-state index contributed by atoms with van der Waals surface area (Å²) in [6.45, 7) is -0.535. The number of hydrogen-bond donors (Lipinski definition) is 6. The first-order chi connectivity index (χ1) is 22.2. The van der Waals surface area contributed by atoms with Crippen molar-refractivity contribution in [2.45, 2.75) is 55.5 Å². The van der Waals surface area contributed by atoms with Crippen LogP contribution in [-0.4, -0.2) is 67.6 Å². The molecule has 8 atom stereocenters. The van der Waals surface area contributed by atoms with E-state index in [-0.39, 0.29) is 18.1 Å². The average molecular weight is 630 g/mol. The van der Waals surface area contributed by atoms with Crippen LogP contribution in [0.15, 0.2) is 97.1 Å². The van der Waals surface area contributed by atoms with Gasteiger partial charge in [-0.25, -0.2) is 4.39 Å².